The molecule has 3 rings (SSSR count). The van der Waals surface area contributed by atoms with Crippen LogP contribution in [0.25, 0.3) is 22.6 Å². The van der Waals surface area contributed by atoms with Crippen LogP contribution in [0, 0.1) is 4.77 Å². The summed E-state index contributed by atoms with van der Waals surface area (Å²) in [6, 6.07) is 7.98. The van der Waals surface area contributed by atoms with Crippen molar-refractivity contribution >= 4 is 23.3 Å². The number of benzene rings is 1. The van der Waals surface area contributed by atoms with Crippen molar-refractivity contribution in [1.82, 2.24) is 24.7 Å². The molecule has 0 atom stereocenters. The number of hydrogen-bond donors (Lipinski definition) is 1. The Balaban J connectivity index is 2.22. The van der Waals surface area contributed by atoms with E-state index in [2.05, 4.69) is 34.0 Å². The highest BCUT2D eigenvalue weighted by Gasteiger charge is 2.13. The van der Waals surface area contributed by atoms with E-state index in [4.69, 9.17) is 12.2 Å². The summed E-state index contributed by atoms with van der Waals surface area (Å²) >= 11 is 5.24. The van der Waals surface area contributed by atoms with E-state index in [9.17, 15) is 0 Å². The maximum absolute atomic E-state index is 5.24. The minimum atomic E-state index is 0.217. The highest BCUT2D eigenvalue weighted by molar-refractivity contribution is 7.71. The van der Waals surface area contributed by atoms with Crippen molar-refractivity contribution in [3.05, 3.63) is 35.2 Å². The van der Waals surface area contributed by atoms with E-state index in [1.54, 1.807) is 6.20 Å². The van der Waals surface area contributed by atoms with Crippen LogP contribution in [0.4, 0.5) is 0 Å². The molecule has 96 valence electrons. The summed E-state index contributed by atoms with van der Waals surface area (Å²) in [5.74, 6) is 0.721. The number of aromatic amines is 1. The van der Waals surface area contributed by atoms with Gasteiger partial charge in [-0.1, -0.05) is 12.1 Å². The van der Waals surface area contributed by atoms with Crippen molar-refractivity contribution < 1.29 is 0 Å². The molecule has 0 bridgehead atoms. The average Bonchev–Trinajstić information content (AvgIpc) is 2.80. The number of H-pyrrole nitrogens is 1. The zero-order valence-corrected chi connectivity index (χ0v) is 11.5. The lowest BCUT2D eigenvalue weighted by molar-refractivity contribution is 0.596. The van der Waals surface area contributed by atoms with E-state index in [0.29, 0.717) is 4.77 Å². The molecule has 6 heteroatoms. The number of aromatic nitrogens is 5. The smallest absolute Gasteiger partial charge is 0.195 e. The molecule has 0 saturated carbocycles. The summed E-state index contributed by atoms with van der Waals surface area (Å²) in [4.78, 5) is 8.99. The Hall–Kier alpha value is -2.08. The molecule has 0 aliphatic carbocycles. The van der Waals surface area contributed by atoms with Gasteiger partial charge < -0.3 is 0 Å². The van der Waals surface area contributed by atoms with Gasteiger partial charge in [0.2, 0.25) is 0 Å². The third-order valence-electron chi connectivity index (χ3n) is 2.90. The molecule has 3 aromatic rings. The van der Waals surface area contributed by atoms with E-state index in [0.717, 1.165) is 22.6 Å². The predicted octanol–water partition coefficient (Wildman–Crippen LogP) is 3.13. The molecule has 1 aromatic carbocycles. The topological polar surface area (TPSA) is 59.4 Å². The maximum atomic E-state index is 5.24. The Labute approximate surface area is 115 Å². The van der Waals surface area contributed by atoms with E-state index in [1.165, 1.54) is 0 Å². The fraction of sp³-hybridized carbons (Fsp3) is 0.231. The van der Waals surface area contributed by atoms with Gasteiger partial charge in [0.25, 0.3) is 0 Å². The van der Waals surface area contributed by atoms with Gasteiger partial charge in [-0.15, -0.1) is 0 Å². The Morgan fingerprint density at radius 3 is 2.68 bits per heavy atom. The minimum Gasteiger partial charge on any atom is -0.296 e. The Kier molecular flexibility index (Phi) is 2.87. The maximum Gasteiger partial charge on any atom is 0.195 e. The normalized spacial score (nSPS) is 11.3. The van der Waals surface area contributed by atoms with E-state index in [-0.39, 0.29) is 6.04 Å². The first-order valence-electron chi connectivity index (χ1n) is 6.06. The summed E-state index contributed by atoms with van der Waals surface area (Å²) in [5, 5.41) is 7.07. The van der Waals surface area contributed by atoms with Gasteiger partial charge in [-0.3, -0.25) is 14.6 Å². The summed E-state index contributed by atoms with van der Waals surface area (Å²) in [6.07, 6.45) is 1.73. The van der Waals surface area contributed by atoms with Crippen LogP contribution in [0.3, 0.4) is 0 Å². The van der Waals surface area contributed by atoms with Crippen molar-refractivity contribution in [3.63, 3.8) is 0 Å². The van der Waals surface area contributed by atoms with Crippen LogP contribution >= 0.6 is 12.2 Å². The summed E-state index contributed by atoms with van der Waals surface area (Å²) in [6.45, 7) is 4.12. The average molecular weight is 271 g/mol. The number of para-hydroxylation sites is 2. The summed E-state index contributed by atoms with van der Waals surface area (Å²) in [5.41, 5.74) is 2.44. The Morgan fingerprint density at radius 1 is 1.21 bits per heavy atom. The molecule has 1 N–H and O–H groups in total. The lowest BCUT2D eigenvalue weighted by atomic mass is 10.3. The molecule has 0 saturated heterocycles. The van der Waals surface area contributed by atoms with Gasteiger partial charge in [0, 0.05) is 6.04 Å². The second-order valence-electron chi connectivity index (χ2n) is 4.56. The lowest BCUT2D eigenvalue weighted by Gasteiger charge is -2.09. The monoisotopic (exact) mass is 271 g/mol. The van der Waals surface area contributed by atoms with E-state index < -0.39 is 0 Å². The molecule has 0 spiro atoms. The molecular weight excluding hydrogens is 258 g/mol. The molecule has 0 fully saturated rings. The van der Waals surface area contributed by atoms with Crippen molar-refractivity contribution in [2.24, 2.45) is 0 Å². The first kappa shape index (κ1) is 12.0. The summed E-state index contributed by atoms with van der Waals surface area (Å²) < 4.78 is 2.54. The third kappa shape index (κ3) is 2.04. The van der Waals surface area contributed by atoms with Gasteiger partial charge in [0.05, 0.1) is 17.2 Å². The molecule has 0 amide bonds. The van der Waals surface area contributed by atoms with Crippen LogP contribution in [0.2, 0.25) is 0 Å². The zero-order chi connectivity index (χ0) is 13.4. The molecule has 19 heavy (non-hydrogen) atoms. The van der Waals surface area contributed by atoms with Crippen LogP contribution in [0.5, 0.6) is 0 Å². The molecule has 5 nitrogen and oxygen atoms in total. The van der Waals surface area contributed by atoms with Gasteiger partial charge in [0.1, 0.15) is 5.69 Å². The van der Waals surface area contributed by atoms with Gasteiger partial charge in [-0.25, -0.2) is 4.98 Å². The predicted molar refractivity (Wildman–Crippen MR) is 76.3 cm³/mol. The molecule has 2 aromatic heterocycles. The molecule has 2 heterocycles. The molecule has 0 radical (unpaired) electrons. The fourth-order valence-corrected chi connectivity index (χ4v) is 2.37. The SMILES string of the molecule is CC(C)n1c(-c2cnc3ccccc3n2)n[nH]c1=S. The lowest BCUT2D eigenvalue weighted by Crippen LogP contribution is -2.04. The zero-order valence-electron chi connectivity index (χ0n) is 10.7. The van der Waals surface area contributed by atoms with Gasteiger partial charge in [-0.05, 0) is 38.2 Å². The van der Waals surface area contributed by atoms with Crippen molar-refractivity contribution in [1.29, 1.82) is 0 Å². The van der Waals surface area contributed by atoms with E-state index >= 15 is 0 Å². The Morgan fingerprint density at radius 2 is 1.95 bits per heavy atom. The van der Waals surface area contributed by atoms with Crippen LogP contribution in [-0.2, 0) is 0 Å². The van der Waals surface area contributed by atoms with Crippen LogP contribution in [0.1, 0.15) is 19.9 Å². The van der Waals surface area contributed by atoms with Crippen LogP contribution < -0.4 is 0 Å². The van der Waals surface area contributed by atoms with Crippen molar-refractivity contribution in [3.8, 4) is 11.5 Å². The van der Waals surface area contributed by atoms with Crippen molar-refractivity contribution in [2.45, 2.75) is 19.9 Å². The fourth-order valence-electron chi connectivity index (χ4n) is 2.03. The van der Waals surface area contributed by atoms with Crippen LogP contribution in [0.15, 0.2) is 30.5 Å². The number of fused-ring (bicyclic) bond motifs is 1. The number of rotatable bonds is 2. The Bertz CT molecular complexity index is 787. The molecular formula is C13H13N5S. The highest BCUT2D eigenvalue weighted by atomic mass is 32.1. The molecule has 0 aliphatic rings. The molecule has 0 aliphatic heterocycles. The number of hydrogen-bond acceptors (Lipinski definition) is 4. The summed E-state index contributed by atoms with van der Waals surface area (Å²) in [7, 11) is 0. The quantitative estimate of drug-likeness (QED) is 0.727. The highest BCUT2D eigenvalue weighted by Crippen LogP contribution is 2.20. The first-order chi connectivity index (χ1) is 9.16. The largest absolute Gasteiger partial charge is 0.296 e. The number of nitrogens with one attached hydrogen (secondary N) is 1. The van der Waals surface area contributed by atoms with Crippen molar-refractivity contribution in [2.75, 3.05) is 0 Å². The first-order valence-corrected chi connectivity index (χ1v) is 6.46. The minimum absolute atomic E-state index is 0.217. The third-order valence-corrected chi connectivity index (χ3v) is 3.19. The van der Waals surface area contributed by atoms with Gasteiger partial charge >= 0.3 is 0 Å². The second-order valence-corrected chi connectivity index (χ2v) is 4.95. The second kappa shape index (κ2) is 4.55. The van der Waals surface area contributed by atoms with E-state index in [1.807, 2.05) is 28.8 Å². The van der Waals surface area contributed by atoms with Gasteiger partial charge in [-0.2, -0.15) is 5.10 Å². The van der Waals surface area contributed by atoms with Gasteiger partial charge in [0.15, 0.2) is 10.6 Å². The molecule has 0 unspecified atom stereocenters. The number of nitrogens with zero attached hydrogens (tertiary/aromatic N) is 4. The van der Waals surface area contributed by atoms with Crippen LogP contribution in [-0.4, -0.2) is 24.7 Å². The standard InChI is InChI=1S/C13H13N5S/c1-8(2)18-12(16-17-13(18)19)11-7-14-9-5-3-4-6-10(9)15-11/h3-8H,1-2H3,(H,17,19).